The molecule has 0 amide bonds. The lowest BCUT2D eigenvalue weighted by Crippen LogP contribution is -1.98. The fraction of sp³-hybridized carbons (Fsp3) is 0.188. The number of benzene rings is 2. The molecule has 2 aromatic carbocycles. The molecule has 0 spiro atoms. The first-order chi connectivity index (χ1) is 9.38. The SMILES string of the molecule is CC(=O)c1cc(I)c(Oc2ccc(C)c(C)c2)c(I)c1. The van der Waals surface area contributed by atoms with Crippen LogP contribution >= 0.6 is 45.2 Å². The molecule has 0 fully saturated rings. The molecule has 0 atom stereocenters. The molecule has 0 saturated heterocycles. The molecule has 0 aliphatic rings. The molecule has 0 aromatic heterocycles. The van der Waals surface area contributed by atoms with E-state index in [-0.39, 0.29) is 5.78 Å². The lowest BCUT2D eigenvalue weighted by atomic mass is 10.1. The van der Waals surface area contributed by atoms with Gasteiger partial charge in [0.2, 0.25) is 0 Å². The maximum atomic E-state index is 11.5. The Morgan fingerprint density at radius 2 is 1.60 bits per heavy atom. The minimum Gasteiger partial charge on any atom is -0.455 e. The molecule has 0 radical (unpaired) electrons. The van der Waals surface area contributed by atoms with E-state index in [4.69, 9.17) is 4.74 Å². The molecule has 2 rings (SSSR count). The average molecular weight is 492 g/mol. The minimum absolute atomic E-state index is 0.0681. The van der Waals surface area contributed by atoms with Gasteiger partial charge in [0, 0.05) is 5.56 Å². The summed E-state index contributed by atoms with van der Waals surface area (Å²) >= 11 is 4.41. The summed E-state index contributed by atoms with van der Waals surface area (Å²) in [7, 11) is 0. The lowest BCUT2D eigenvalue weighted by Gasteiger charge is -2.12. The van der Waals surface area contributed by atoms with Crippen molar-refractivity contribution in [3.63, 3.8) is 0 Å². The van der Waals surface area contributed by atoms with Crippen LogP contribution in [0.25, 0.3) is 0 Å². The molecule has 0 heterocycles. The third kappa shape index (κ3) is 3.52. The van der Waals surface area contributed by atoms with Crippen LogP contribution < -0.4 is 4.74 Å². The van der Waals surface area contributed by atoms with Gasteiger partial charge < -0.3 is 4.74 Å². The topological polar surface area (TPSA) is 26.3 Å². The van der Waals surface area contributed by atoms with Gasteiger partial charge in [-0.05, 0) is 101 Å². The molecule has 0 bridgehead atoms. The smallest absolute Gasteiger partial charge is 0.159 e. The van der Waals surface area contributed by atoms with Gasteiger partial charge >= 0.3 is 0 Å². The number of aryl methyl sites for hydroxylation is 2. The zero-order valence-corrected chi connectivity index (χ0v) is 15.8. The van der Waals surface area contributed by atoms with E-state index in [0.717, 1.165) is 18.6 Å². The zero-order valence-electron chi connectivity index (χ0n) is 11.5. The Morgan fingerprint density at radius 1 is 1.00 bits per heavy atom. The van der Waals surface area contributed by atoms with Crippen LogP contribution in [-0.2, 0) is 0 Å². The molecule has 0 unspecified atom stereocenters. The van der Waals surface area contributed by atoms with Crippen LogP contribution in [0.3, 0.4) is 0 Å². The Hall–Kier alpha value is -0.630. The van der Waals surface area contributed by atoms with Gasteiger partial charge in [-0.1, -0.05) is 6.07 Å². The third-order valence-electron chi connectivity index (χ3n) is 3.10. The van der Waals surface area contributed by atoms with Crippen molar-refractivity contribution in [2.45, 2.75) is 20.8 Å². The predicted molar refractivity (Wildman–Crippen MR) is 97.9 cm³/mol. The van der Waals surface area contributed by atoms with Gasteiger partial charge in [-0.15, -0.1) is 0 Å². The van der Waals surface area contributed by atoms with Gasteiger partial charge in [-0.25, -0.2) is 0 Å². The monoisotopic (exact) mass is 492 g/mol. The number of ether oxygens (including phenoxy) is 1. The maximum absolute atomic E-state index is 11.5. The number of carbonyl (C=O) groups is 1. The second kappa shape index (κ2) is 6.43. The third-order valence-corrected chi connectivity index (χ3v) is 4.71. The van der Waals surface area contributed by atoms with Gasteiger partial charge in [0.15, 0.2) is 11.5 Å². The number of halogens is 2. The van der Waals surface area contributed by atoms with Crippen molar-refractivity contribution in [3.8, 4) is 11.5 Å². The van der Waals surface area contributed by atoms with Crippen molar-refractivity contribution in [2.24, 2.45) is 0 Å². The standard InChI is InChI=1S/C16H14I2O2/c1-9-4-5-13(6-10(9)2)20-16-14(17)7-12(11(3)19)8-15(16)18/h4-8H,1-3H3. The minimum atomic E-state index is 0.0681. The lowest BCUT2D eigenvalue weighted by molar-refractivity contribution is 0.101. The van der Waals surface area contributed by atoms with E-state index in [9.17, 15) is 4.79 Å². The van der Waals surface area contributed by atoms with Crippen LogP contribution in [0.2, 0.25) is 0 Å². The van der Waals surface area contributed by atoms with Gasteiger partial charge in [0.05, 0.1) is 7.14 Å². The van der Waals surface area contributed by atoms with Gasteiger partial charge in [-0.2, -0.15) is 0 Å². The van der Waals surface area contributed by atoms with Crippen molar-refractivity contribution < 1.29 is 9.53 Å². The van der Waals surface area contributed by atoms with Gasteiger partial charge in [0.1, 0.15) is 5.75 Å². The number of hydrogen-bond acceptors (Lipinski definition) is 2. The predicted octanol–water partition coefficient (Wildman–Crippen LogP) is 5.51. The Morgan fingerprint density at radius 3 is 2.10 bits per heavy atom. The van der Waals surface area contributed by atoms with Crippen molar-refractivity contribution >= 4 is 51.0 Å². The molecule has 4 heteroatoms. The van der Waals surface area contributed by atoms with Crippen LogP contribution in [0.15, 0.2) is 30.3 Å². The summed E-state index contributed by atoms with van der Waals surface area (Å²) in [5.41, 5.74) is 3.16. The van der Waals surface area contributed by atoms with Crippen LogP contribution in [0.5, 0.6) is 11.5 Å². The highest BCUT2D eigenvalue weighted by atomic mass is 127. The van der Waals surface area contributed by atoms with E-state index < -0.39 is 0 Å². The second-order valence-electron chi connectivity index (χ2n) is 4.67. The molecular formula is C16H14I2O2. The van der Waals surface area contributed by atoms with Crippen molar-refractivity contribution in [2.75, 3.05) is 0 Å². The summed E-state index contributed by atoms with van der Waals surface area (Å²) in [6.45, 7) is 5.72. The number of carbonyl (C=O) groups excluding carboxylic acids is 1. The molecule has 2 nitrogen and oxygen atoms in total. The van der Waals surface area contributed by atoms with Crippen molar-refractivity contribution in [1.29, 1.82) is 0 Å². The molecular weight excluding hydrogens is 478 g/mol. The van der Waals surface area contributed by atoms with Crippen molar-refractivity contribution in [3.05, 3.63) is 54.2 Å². The Labute approximate surface area is 146 Å². The summed E-state index contributed by atoms with van der Waals surface area (Å²) < 4.78 is 7.87. The number of Topliss-reactive ketones (excluding diaryl/α,β-unsaturated/α-hetero) is 1. The molecule has 0 N–H and O–H groups in total. The fourth-order valence-corrected chi connectivity index (χ4v) is 3.74. The van der Waals surface area contributed by atoms with Crippen LogP contribution in [0.1, 0.15) is 28.4 Å². The molecule has 104 valence electrons. The zero-order chi connectivity index (χ0) is 14.9. The van der Waals surface area contributed by atoms with E-state index in [0.29, 0.717) is 5.56 Å². The van der Waals surface area contributed by atoms with Crippen molar-refractivity contribution in [1.82, 2.24) is 0 Å². The van der Waals surface area contributed by atoms with E-state index >= 15 is 0 Å². The Bertz CT molecular complexity index is 655. The number of ketones is 1. The van der Waals surface area contributed by atoms with E-state index in [1.54, 1.807) is 6.92 Å². The number of rotatable bonds is 3. The van der Waals surface area contributed by atoms with Crippen LogP contribution in [0, 0.1) is 21.0 Å². The summed E-state index contributed by atoms with van der Waals surface area (Å²) in [6.07, 6.45) is 0. The summed E-state index contributed by atoms with van der Waals surface area (Å²) in [5.74, 6) is 1.69. The van der Waals surface area contributed by atoms with E-state index in [1.165, 1.54) is 11.1 Å². The van der Waals surface area contributed by atoms with Crippen LogP contribution in [-0.4, -0.2) is 5.78 Å². The van der Waals surface area contributed by atoms with Crippen LogP contribution in [0.4, 0.5) is 0 Å². The average Bonchev–Trinajstić information content (AvgIpc) is 2.37. The summed E-state index contributed by atoms with van der Waals surface area (Å²) in [6, 6.07) is 9.77. The second-order valence-corrected chi connectivity index (χ2v) is 7.00. The largest absolute Gasteiger partial charge is 0.455 e. The highest BCUT2D eigenvalue weighted by molar-refractivity contribution is 14.1. The van der Waals surface area contributed by atoms with Gasteiger partial charge in [-0.3, -0.25) is 4.79 Å². The van der Waals surface area contributed by atoms with Gasteiger partial charge in [0.25, 0.3) is 0 Å². The highest BCUT2D eigenvalue weighted by Crippen LogP contribution is 2.33. The summed E-state index contributed by atoms with van der Waals surface area (Å²) in [4.78, 5) is 11.5. The molecule has 0 aliphatic carbocycles. The molecule has 20 heavy (non-hydrogen) atoms. The van der Waals surface area contributed by atoms with E-state index in [2.05, 4.69) is 59.0 Å². The first kappa shape index (κ1) is 15.8. The molecule has 0 aliphatic heterocycles. The molecule has 2 aromatic rings. The highest BCUT2D eigenvalue weighted by Gasteiger charge is 2.12. The first-order valence-electron chi connectivity index (χ1n) is 6.13. The first-order valence-corrected chi connectivity index (χ1v) is 8.29. The number of hydrogen-bond donors (Lipinski definition) is 0. The quantitative estimate of drug-likeness (QED) is 0.418. The Kier molecular flexibility index (Phi) is 5.06. The van der Waals surface area contributed by atoms with E-state index in [1.807, 2.05) is 30.3 Å². The Balaban J connectivity index is 2.38. The fourth-order valence-electron chi connectivity index (χ4n) is 1.76. The molecule has 0 saturated carbocycles. The normalized spacial score (nSPS) is 10.4. The maximum Gasteiger partial charge on any atom is 0.159 e. The summed E-state index contributed by atoms with van der Waals surface area (Å²) in [5, 5.41) is 0.